The van der Waals surface area contributed by atoms with Crippen molar-refractivity contribution in [3.63, 3.8) is 0 Å². The number of nitrogens with one attached hydrogen (secondary N) is 1. The maximum Gasteiger partial charge on any atom is 0.0192 e. The zero-order valence-corrected chi connectivity index (χ0v) is 13.1. The van der Waals surface area contributed by atoms with Crippen molar-refractivity contribution in [2.24, 2.45) is 0 Å². The van der Waals surface area contributed by atoms with Crippen LogP contribution < -0.4 is 5.32 Å². The fourth-order valence-electron chi connectivity index (χ4n) is 3.08. The Balaban J connectivity index is 1.75. The van der Waals surface area contributed by atoms with E-state index in [4.69, 9.17) is 0 Å². The standard InChI is InChI=1S/C18H30N2/c1-3-18(14-17-10-6-4-7-11-17)19-15-16(2)20-12-8-5-9-13-20/h4,6-7,10-11,16,18-19H,3,5,8-9,12-15H2,1-2H3. The second-order valence-corrected chi connectivity index (χ2v) is 6.15. The second-order valence-electron chi connectivity index (χ2n) is 6.15. The highest BCUT2D eigenvalue weighted by Gasteiger charge is 2.17. The number of hydrogen-bond donors (Lipinski definition) is 1. The van der Waals surface area contributed by atoms with E-state index in [1.807, 2.05) is 0 Å². The molecule has 0 aromatic heterocycles. The number of hydrogen-bond acceptors (Lipinski definition) is 2. The van der Waals surface area contributed by atoms with Crippen molar-refractivity contribution in [1.29, 1.82) is 0 Å². The Morgan fingerprint density at radius 1 is 1.10 bits per heavy atom. The van der Waals surface area contributed by atoms with E-state index in [2.05, 4.69) is 54.4 Å². The summed E-state index contributed by atoms with van der Waals surface area (Å²) in [6, 6.07) is 12.1. The fourth-order valence-corrected chi connectivity index (χ4v) is 3.08. The molecule has 0 aliphatic carbocycles. The molecule has 1 heterocycles. The average Bonchev–Trinajstić information content (AvgIpc) is 2.53. The van der Waals surface area contributed by atoms with Crippen molar-refractivity contribution in [3.05, 3.63) is 35.9 Å². The maximum absolute atomic E-state index is 3.77. The first-order valence-electron chi connectivity index (χ1n) is 8.31. The van der Waals surface area contributed by atoms with Crippen LogP contribution >= 0.6 is 0 Å². The van der Waals surface area contributed by atoms with E-state index in [1.54, 1.807) is 0 Å². The first-order valence-corrected chi connectivity index (χ1v) is 8.31. The zero-order chi connectivity index (χ0) is 14.2. The van der Waals surface area contributed by atoms with Gasteiger partial charge < -0.3 is 5.32 Å². The molecule has 0 spiro atoms. The molecule has 1 aliphatic rings. The summed E-state index contributed by atoms with van der Waals surface area (Å²) < 4.78 is 0. The van der Waals surface area contributed by atoms with Crippen molar-refractivity contribution >= 4 is 0 Å². The van der Waals surface area contributed by atoms with E-state index >= 15 is 0 Å². The molecule has 1 saturated heterocycles. The van der Waals surface area contributed by atoms with Crippen LogP contribution in [0.3, 0.4) is 0 Å². The number of rotatable bonds is 7. The quantitative estimate of drug-likeness (QED) is 0.819. The zero-order valence-electron chi connectivity index (χ0n) is 13.1. The second kappa shape index (κ2) is 8.43. The molecular weight excluding hydrogens is 244 g/mol. The van der Waals surface area contributed by atoms with E-state index in [0.717, 1.165) is 13.0 Å². The van der Waals surface area contributed by atoms with Crippen LogP contribution in [0.15, 0.2) is 30.3 Å². The van der Waals surface area contributed by atoms with Gasteiger partial charge in [0.2, 0.25) is 0 Å². The van der Waals surface area contributed by atoms with Crippen molar-refractivity contribution in [1.82, 2.24) is 10.2 Å². The van der Waals surface area contributed by atoms with Crippen LogP contribution in [-0.2, 0) is 6.42 Å². The van der Waals surface area contributed by atoms with Gasteiger partial charge in [-0.25, -0.2) is 0 Å². The lowest BCUT2D eigenvalue weighted by Gasteiger charge is -2.33. The monoisotopic (exact) mass is 274 g/mol. The summed E-state index contributed by atoms with van der Waals surface area (Å²) in [5.74, 6) is 0. The number of piperidine rings is 1. The average molecular weight is 274 g/mol. The Hall–Kier alpha value is -0.860. The van der Waals surface area contributed by atoms with Crippen LogP contribution in [0.5, 0.6) is 0 Å². The molecule has 20 heavy (non-hydrogen) atoms. The largest absolute Gasteiger partial charge is 0.312 e. The predicted molar refractivity (Wildman–Crippen MR) is 87.1 cm³/mol. The Bertz CT molecular complexity index is 357. The van der Waals surface area contributed by atoms with Gasteiger partial charge in [-0.05, 0) is 51.3 Å². The molecule has 0 saturated carbocycles. The summed E-state index contributed by atoms with van der Waals surface area (Å²) in [6.07, 6.45) is 6.52. The highest BCUT2D eigenvalue weighted by Crippen LogP contribution is 2.12. The molecule has 0 bridgehead atoms. The lowest BCUT2D eigenvalue weighted by atomic mass is 10.0. The minimum absolute atomic E-state index is 0.602. The topological polar surface area (TPSA) is 15.3 Å². The molecular formula is C18H30N2. The smallest absolute Gasteiger partial charge is 0.0192 e. The predicted octanol–water partition coefficient (Wildman–Crippen LogP) is 3.47. The Morgan fingerprint density at radius 3 is 2.45 bits per heavy atom. The van der Waals surface area contributed by atoms with Crippen molar-refractivity contribution in [2.45, 2.75) is 58.0 Å². The third-order valence-electron chi connectivity index (χ3n) is 4.53. The Kier molecular flexibility index (Phi) is 6.55. The summed E-state index contributed by atoms with van der Waals surface area (Å²) >= 11 is 0. The van der Waals surface area contributed by atoms with Crippen LogP contribution in [0, 0.1) is 0 Å². The molecule has 2 atom stereocenters. The third kappa shape index (κ3) is 4.92. The fraction of sp³-hybridized carbons (Fsp3) is 0.667. The Morgan fingerprint density at radius 2 is 1.80 bits per heavy atom. The van der Waals surface area contributed by atoms with E-state index in [9.17, 15) is 0 Å². The molecule has 2 unspecified atom stereocenters. The lowest BCUT2D eigenvalue weighted by molar-refractivity contribution is 0.167. The molecule has 0 amide bonds. The molecule has 1 fully saturated rings. The van der Waals surface area contributed by atoms with Crippen LogP contribution in [0.2, 0.25) is 0 Å². The van der Waals surface area contributed by atoms with Gasteiger partial charge in [0.25, 0.3) is 0 Å². The molecule has 2 nitrogen and oxygen atoms in total. The van der Waals surface area contributed by atoms with Gasteiger partial charge in [-0.2, -0.15) is 0 Å². The molecule has 0 radical (unpaired) electrons. The van der Waals surface area contributed by atoms with E-state index < -0.39 is 0 Å². The molecule has 1 aromatic rings. The van der Waals surface area contributed by atoms with Gasteiger partial charge in [0.05, 0.1) is 0 Å². The first-order chi connectivity index (χ1) is 9.79. The number of benzene rings is 1. The van der Waals surface area contributed by atoms with Crippen LogP contribution in [0.4, 0.5) is 0 Å². The van der Waals surface area contributed by atoms with Gasteiger partial charge in [0.15, 0.2) is 0 Å². The molecule has 1 N–H and O–H groups in total. The number of likely N-dealkylation sites (tertiary alicyclic amines) is 1. The van der Waals surface area contributed by atoms with Crippen molar-refractivity contribution in [2.75, 3.05) is 19.6 Å². The highest BCUT2D eigenvalue weighted by molar-refractivity contribution is 5.15. The SMILES string of the molecule is CCC(Cc1ccccc1)NCC(C)N1CCCCC1. The van der Waals surface area contributed by atoms with Crippen molar-refractivity contribution in [3.8, 4) is 0 Å². The number of nitrogens with zero attached hydrogens (tertiary/aromatic N) is 1. The van der Waals surface area contributed by atoms with E-state index in [0.29, 0.717) is 12.1 Å². The summed E-state index contributed by atoms with van der Waals surface area (Å²) in [6.45, 7) is 8.35. The minimum atomic E-state index is 0.602. The third-order valence-corrected chi connectivity index (χ3v) is 4.53. The normalized spacial score (nSPS) is 19.7. The lowest BCUT2D eigenvalue weighted by Crippen LogP contribution is -2.45. The van der Waals surface area contributed by atoms with Gasteiger partial charge in [-0.1, -0.05) is 43.7 Å². The summed E-state index contributed by atoms with van der Waals surface area (Å²) in [7, 11) is 0. The Labute approximate surface area is 124 Å². The van der Waals surface area contributed by atoms with E-state index in [1.165, 1.54) is 44.3 Å². The van der Waals surface area contributed by atoms with Gasteiger partial charge in [-0.15, -0.1) is 0 Å². The van der Waals surface area contributed by atoms with Gasteiger partial charge in [0.1, 0.15) is 0 Å². The van der Waals surface area contributed by atoms with Gasteiger partial charge in [0, 0.05) is 18.6 Å². The molecule has 1 aromatic carbocycles. The molecule has 112 valence electrons. The summed E-state index contributed by atoms with van der Waals surface area (Å²) in [5.41, 5.74) is 1.44. The van der Waals surface area contributed by atoms with Gasteiger partial charge in [-0.3, -0.25) is 4.90 Å². The van der Waals surface area contributed by atoms with Crippen LogP contribution in [0.1, 0.15) is 45.1 Å². The van der Waals surface area contributed by atoms with Crippen LogP contribution in [0.25, 0.3) is 0 Å². The maximum atomic E-state index is 3.77. The van der Waals surface area contributed by atoms with Crippen molar-refractivity contribution < 1.29 is 0 Å². The summed E-state index contributed by atoms with van der Waals surface area (Å²) in [5, 5.41) is 3.77. The molecule has 2 rings (SSSR count). The summed E-state index contributed by atoms with van der Waals surface area (Å²) in [4.78, 5) is 2.64. The van der Waals surface area contributed by atoms with E-state index in [-0.39, 0.29) is 0 Å². The minimum Gasteiger partial charge on any atom is -0.312 e. The van der Waals surface area contributed by atoms with Gasteiger partial charge >= 0.3 is 0 Å². The highest BCUT2D eigenvalue weighted by atomic mass is 15.2. The molecule has 1 aliphatic heterocycles. The molecule has 2 heteroatoms. The van der Waals surface area contributed by atoms with Crippen LogP contribution in [-0.4, -0.2) is 36.6 Å². The first kappa shape index (κ1) is 15.5.